The minimum Gasteiger partial charge on any atom is -0.299 e. The van der Waals surface area contributed by atoms with Crippen LogP contribution in [0, 0.1) is 0 Å². The van der Waals surface area contributed by atoms with Gasteiger partial charge in [0.25, 0.3) is 0 Å². The molecule has 1 heterocycles. The molecule has 1 saturated carbocycles. The van der Waals surface area contributed by atoms with E-state index in [0.717, 1.165) is 25.0 Å². The highest BCUT2D eigenvalue weighted by Gasteiger charge is 2.40. The van der Waals surface area contributed by atoms with Crippen molar-refractivity contribution < 1.29 is 4.79 Å². The molecule has 0 radical (unpaired) electrons. The van der Waals surface area contributed by atoms with E-state index in [0.29, 0.717) is 17.6 Å². The Labute approximate surface area is 95.3 Å². The van der Waals surface area contributed by atoms with Crippen LogP contribution in [-0.2, 0) is 4.79 Å². The van der Waals surface area contributed by atoms with Gasteiger partial charge in [0.05, 0.1) is 11.9 Å². The summed E-state index contributed by atoms with van der Waals surface area (Å²) in [7, 11) is 0. The molecule has 2 atom stereocenters. The minimum absolute atomic E-state index is 0.119. The first-order valence-electron chi connectivity index (χ1n) is 6.06. The quantitative estimate of drug-likeness (QED) is 0.724. The lowest BCUT2D eigenvalue weighted by Crippen LogP contribution is -2.31. The molecule has 2 unspecified atom stereocenters. The van der Waals surface area contributed by atoms with Crippen molar-refractivity contribution in [3.8, 4) is 0 Å². The first-order chi connectivity index (χ1) is 7.68. The van der Waals surface area contributed by atoms with Crippen LogP contribution in [0.4, 0.5) is 0 Å². The number of ketones is 1. The Hall–Kier alpha value is -1.25. The number of Topliss-reactive ketones (excluding diaryl/α,β-unsaturated/α-hetero) is 1. The first kappa shape index (κ1) is 9.94. The zero-order valence-electron chi connectivity index (χ0n) is 9.73. The normalized spacial score (nSPS) is 27.3. The number of rotatable bonds is 1. The Morgan fingerprint density at radius 1 is 1.38 bits per heavy atom. The summed E-state index contributed by atoms with van der Waals surface area (Å²) in [6.45, 7) is 4.29. The Morgan fingerprint density at radius 3 is 2.88 bits per heavy atom. The fraction of sp³-hybridized carbons (Fsp3) is 0.615. The van der Waals surface area contributed by atoms with Crippen LogP contribution in [0.2, 0.25) is 0 Å². The SMILES string of the molecule is CC(C)c1nncc2c1C1CCC2C(=O)C1. The molecule has 1 aromatic heterocycles. The second-order valence-corrected chi connectivity index (χ2v) is 5.25. The lowest BCUT2D eigenvalue weighted by atomic mass is 9.66. The van der Waals surface area contributed by atoms with Crippen molar-refractivity contribution >= 4 is 5.78 Å². The molecular formula is C13H16N2O. The molecule has 1 fully saturated rings. The van der Waals surface area contributed by atoms with Crippen LogP contribution in [0.1, 0.15) is 67.7 Å². The van der Waals surface area contributed by atoms with Gasteiger partial charge in [-0.05, 0) is 35.8 Å². The first-order valence-corrected chi connectivity index (χ1v) is 6.06. The lowest BCUT2D eigenvalue weighted by molar-refractivity contribution is -0.123. The molecule has 0 aromatic carbocycles. The Morgan fingerprint density at radius 2 is 2.19 bits per heavy atom. The summed E-state index contributed by atoms with van der Waals surface area (Å²) in [5.74, 6) is 1.34. The maximum Gasteiger partial charge on any atom is 0.141 e. The topological polar surface area (TPSA) is 42.9 Å². The van der Waals surface area contributed by atoms with Crippen molar-refractivity contribution in [2.24, 2.45) is 0 Å². The third kappa shape index (κ3) is 1.24. The largest absolute Gasteiger partial charge is 0.299 e. The number of carbonyl (C=O) groups is 1. The van der Waals surface area contributed by atoms with Crippen molar-refractivity contribution in [1.29, 1.82) is 0 Å². The second-order valence-electron chi connectivity index (χ2n) is 5.25. The summed E-state index contributed by atoms with van der Waals surface area (Å²) < 4.78 is 0. The van der Waals surface area contributed by atoms with Crippen LogP contribution in [0.25, 0.3) is 0 Å². The number of fused-ring (bicyclic) bond motifs is 2. The van der Waals surface area contributed by atoms with Crippen LogP contribution in [0.3, 0.4) is 0 Å². The molecule has 1 aromatic rings. The van der Waals surface area contributed by atoms with Gasteiger partial charge in [-0.2, -0.15) is 10.2 Å². The fourth-order valence-corrected chi connectivity index (χ4v) is 3.16. The molecule has 84 valence electrons. The van der Waals surface area contributed by atoms with E-state index in [1.54, 1.807) is 0 Å². The smallest absolute Gasteiger partial charge is 0.141 e. The summed E-state index contributed by atoms with van der Waals surface area (Å²) in [6.07, 6.45) is 4.70. The number of hydrogen-bond donors (Lipinski definition) is 0. The van der Waals surface area contributed by atoms with E-state index in [1.807, 2.05) is 6.20 Å². The zero-order valence-corrected chi connectivity index (χ0v) is 9.73. The third-order valence-corrected chi connectivity index (χ3v) is 3.92. The average molecular weight is 216 g/mol. The maximum atomic E-state index is 11.9. The summed E-state index contributed by atoms with van der Waals surface area (Å²) >= 11 is 0. The highest BCUT2D eigenvalue weighted by atomic mass is 16.1. The Bertz CT molecular complexity index is 453. The standard InChI is InChI=1S/C13H16N2O/c1-7(2)13-12-8-3-4-9(11(16)5-8)10(12)6-14-15-13/h6-9H,3-5H2,1-2H3. The molecule has 0 amide bonds. The number of nitrogens with zero attached hydrogens (tertiary/aromatic N) is 2. The van der Waals surface area contributed by atoms with E-state index in [1.165, 1.54) is 11.1 Å². The molecule has 0 spiro atoms. The molecular weight excluding hydrogens is 200 g/mol. The number of carbonyl (C=O) groups excluding carboxylic acids is 1. The number of aromatic nitrogens is 2. The van der Waals surface area contributed by atoms with Crippen LogP contribution in [0.15, 0.2) is 6.20 Å². The van der Waals surface area contributed by atoms with E-state index in [2.05, 4.69) is 24.0 Å². The minimum atomic E-state index is 0.119. The molecule has 4 rings (SSSR count). The maximum absolute atomic E-state index is 11.9. The van der Waals surface area contributed by atoms with Crippen molar-refractivity contribution in [2.75, 3.05) is 0 Å². The van der Waals surface area contributed by atoms with E-state index in [4.69, 9.17) is 0 Å². The molecule has 2 bridgehead atoms. The van der Waals surface area contributed by atoms with E-state index < -0.39 is 0 Å². The fourth-order valence-electron chi connectivity index (χ4n) is 3.16. The number of hydrogen-bond acceptors (Lipinski definition) is 3. The van der Waals surface area contributed by atoms with Gasteiger partial charge in [0.15, 0.2) is 0 Å². The molecule has 3 heteroatoms. The molecule has 0 N–H and O–H groups in total. The highest BCUT2D eigenvalue weighted by molar-refractivity contribution is 5.89. The molecule has 16 heavy (non-hydrogen) atoms. The highest BCUT2D eigenvalue weighted by Crippen LogP contribution is 2.48. The van der Waals surface area contributed by atoms with Gasteiger partial charge in [0.1, 0.15) is 5.78 Å². The molecule has 0 saturated heterocycles. The van der Waals surface area contributed by atoms with Gasteiger partial charge in [0.2, 0.25) is 0 Å². The summed E-state index contributed by atoms with van der Waals surface area (Å²) in [5.41, 5.74) is 3.63. The Balaban J connectivity index is 2.20. The van der Waals surface area contributed by atoms with Gasteiger partial charge >= 0.3 is 0 Å². The molecule has 3 aliphatic rings. The molecule has 3 aliphatic carbocycles. The monoisotopic (exact) mass is 216 g/mol. The predicted molar refractivity (Wildman–Crippen MR) is 60.5 cm³/mol. The van der Waals surface area contributed by atoms with Gasteiger partial charge in [0, 0.05) is 12.3 Å². The van der Waals surface area contributed by atoms with Gasteiger partial charge < -0.3 is 0 Å². The summed E-state index contributed by atoms with van der Waals surface area (Å²) in [4.78, 5) is 11.9. The lowest BCUT2D eigenvalue weighted by Gasteiger charge is -2.37. The zero-order chi connectivity index (χ0) is 11.3. The summed E-state index contributed by atoms with van der Waals surface area (Å²) in [5, 5.41) is 8.34. The van der Waals surface area contributed by atoms with Crippen molar-refractivity contribution in [1.82, 2.24) is 10.2 Å². The average Bonchev–Trinajstić information content (AvgIpc) is 2.28. The van der Waals surface area contributed by atoms with Crippen molar-refractivity contribution in [3.05, 3.63) is 23.0 Å². The Kier molecular flexibility index (Phi) is 2.09. The van der Waals surface area contributed by atoms with Crippen LogP contribution in [0.5, 0.6) is 0 Å². The second kappa shape index (κ2) is 3.37. The van der Waals surface area contributed by atoms with Crippen LogP contribution in [-0.4, -0.2) is 16.0 Å². The third-order valence-electron chi connectivity index (χ3n) is 3.92. The van der Waals surface area contributed by atoms with Crippen molar-refractivity contribution in [3.63, 3.8) is 0 Å². The van der Waals surface area contributed by atoms with Crippen LogP contribution >= 0.6 is 0 Å². The van der Waals surface area contributed by atoms with Crippen LogP contribution < -0.4 is 0 Å². The van der Waals surface area contributed by atoms with E-state index in [9.17, 15) is 4.79 Å². The predicted octanol–water partition coefficient (Wildman–Crippen LogP) is 2.53. The van der Waals surface area contributed by atoms with E-state index in [-0.39, 0.29) is 5.92 Å². The summed E-state index contributed by atoms with van der Waals surface area (Å²) in [6, 6.07) is 0. The van der Waals surface area contributed by atoms with Crippen molar-refractivity contribution in [2.45, 2.75) is 50.9 Å². The van der Waals surface area contributed by atoms with E-state index >= 15 is 0 Å². The molecule has 3 nitrogen and oxygen atoms in total. The van der Waals surface area contributed by atoms with Gasteiger partial charge in [-0.1, -0.05) is 13.8 Å². The van der Waals surface area contributed by atoms with Gasteiger partial charge in [-0.15, -0.1) is 0 Å². The van der Waals surface area contributed by atoms with Gasteiger partial charge in [-0.25, -0.2) is 0 Å². The van der Waals surface area contributed by atoms with Gasteiger partial charge in [-0.3, -0.25) is 4.79 Å². The molecule has 0 aliphatic heterocycles.